The Morgan fingerprint density at radius 2 is 2.15 bits per heavy atom. The smallest absolute Gasteiger partial charge is 0.246 e. The van der Waals surface area contributed by atoms with Gasteiger partial charge in [0.05, 0.1) is 6.54 Å². The number of rotatable bonds is 8. The van der Waals surface area contributed by atoms with Crippen LogP contribution in [0.5, 0.6) is 0 Å². The number of ether oxygens (including phenoxy) is 1. The number of nitrogens with zero attached hydrogens (tertiary/aromatic N) is 3. The van der Waals surface area contributed by atoms with Crippen molar-refractivity contribution in [3.05, 3.63) is 47.4 Å². The van der Waals surface area contributed by atoms with Crippen LogP contribution in [0.3, 0.4) is 0 Å². The predicted octanol–water partition coefficient (Wildman–Crippen LogP) is 2.95. The third-order valence-corrected chi connectivity index (χ3v) is 4.20. The van der Waals surface area contributed by atoms with Crippen LogP contribution in [0.2, 0.25) is 0 Å². The first-order valence-electron chi connectivity index (χ1n) is 9.00. The summed E-state index contributed by atoms with van der Waals surface area (Å²) in [6.45, 7) is 9.38. The molecule has 0 spiro atoms. The van der Waals surface area contributed by atoms with Gasteiger partial charge in [0.2, 0.25) is 5.89 Å². The summed E-state index contributed by atoms with van der Waals surface area (Å²) in [5, 5.41) is 10.3. The van der Waals surface area contributed by atoms with Crippen LogP contribution in [0.15, 0.2) is 33.8 Å². The lowest BCUT2D eigenvalue weighted by atomic mass is 9.84. The molecule has 0 amide bonds. The molecule has 2 N–H and O–H groups in total. The molecule has 0 saturated carbocycles. The van der Waals surface area contributed by atoms with Gasteiger partial charge >= 0.3 is 0 Å². The maximum atomic E-state index is 13.5. The minimum Gasteiger partial charge on any atom is -0.371 e. The summed E-state index contributed by atoms with van der Waals surface area (Å²) < 4.78 is 24.2. The van der Waals surface area contributed by atoms with Gasteiger partial charge in [-0.15, -0.1) is 0 Å². The van der Waals surface area contributed by atoms with E-state index < -0.39 is 0 Å². The summed E-state index contributed by atoms with van der Waals surface area (Å²) in [6, 6.07) is 6.63. The molecule has 1 aromatic heterocycles. The van der Waals surface area contributed by atoms with E-state index >= 15 is 0 Å². The monoisotopic (exact) mass is 377 g/mol. The Balaban J connectivity index is 1.89. The Bertz CT molecular complexity index is 760. The summed E-state index contributed by atoms with van der Waals surface area (Å²) in [7, 11) is 1.68. The molecule has 1 heterocycles. The normalized spacial score (nSPS) is 13.5. The molecule has 1 atom stereocenters. The Hall–Kier alpha value is -2.48. The number of halogens is 1. The summed E-state index contributed by atoms with van der Waals surface area (Å²) in [5.41, 5.74) is 0.640. The van der Waals surface area contributed by atoms with E-state index in [-0.39, 0.29) is 17.3 Å². The second-order valence-corrected chi connectivity index (χ2v) is 6.82. The molecule has 1 unspecified atom stereocenters. The van der Waals surface area contributed by atoms with E-state index in [0.717, 1.165) is 5.56 Å². The van der Waals surface area contributed by atoms with Crippen molar-refractivity contribution in [2.45, 2.75) is 45.8 Å². The molecule has 8 heteroatoms. The summed E-state index contributed by atoms with van der Waals surface area (Å²) in [4.78, 5) is 8.51. The highest BCUT2D eigenvalue weighted by molar-refractivity contribution is 5.79. The first kappa shape index (κ1) is 20.8. The second kappa shape index (κ2) is 9.45. The maximum absolute atomic E-state index is 13.5. The number of hydrogen-bond donors (Lipinski definition) is 2. The van der Waals surface area contributed by atoms with Crippen molar-refractivity contribution in [3.63, 3.8) is 0 Å². The number of guanidine groups is 1. The highest BCUT2D eigenvalue weighted by atomic mass is 19.1. The molecule has 27 heavy (non-hydrogen) atoms. The van der Waals surface area contributed by atoms with Gasteiger partial charge in [-0.05, 0) is 31.5 Å². The van der Waals surface area contributed by atoms with E-state index in [0.29, 0.717) is 37.4 Å². The molecular weight excluding hydrogens is 349 g/mol. The Morgan fingerprint density at radius 3 is 2.81 bits per heavy atom. The van der Waals surface area contributed by atoms with Gasteiger partial charge in [-0.2, -0.15) is 4.98 Å². The lowest BCUT2D eigenvalue weighted by molar-refractivity contribution is 0.0683. The molecule has 0 bridgehead atoms. The SMILES string of the molecule is CCOC(C)c1noc(CNC(=NC)NCC(C)(C)c2cccc(F)c2)n1. The highest BCUT2D eigenvalue weighted by Gasteiger charge is 2.21. The fraction of sp³-hybridized carbons (Fsp3) is 0.526. The first-order valence-corrected chi connectivity index (χ1v) is 9.00. The van der Waals surface area contributed by atoms with Gasteiger partial charge in [0.25, 0.3) is 0 Å². The topological polar surface area (TPSA) is 84.6 Å². The third-order valence-electron chi connectivity index (χ3n) is 4.20. The van der Waals surface area contributed by atoms with Gasteiger partial charge in [-0.3, -0.25) is 4.99 Å². The number of hydrogen-bond acceptors (Lipinski definition) is 5. The predicted molar refractivity (Wildman–Crippen MR) is 102 cm³/mol. The quantitative estimate of drug-likeness (QED) is 0.543. The lowest BCUT2D eigenvalue weighted by Gasteiger charge is -2.26. The third kappa shape index (κ3) is 6.02. The summed E-state index contributed by atoms with van der Waals surface area (Å²) in [6.07, 6.45) is -0.211. The average molecular weight is 377 g/mol. The number of aromatic nitrogens is 2. The second-order valence-electron chi connectivity index (χ2n) is 6.82. The molecule has 0 fully saturated rings. The van der Waals surface area contributed by atoms with Crippen molar-refractivity contribution >= 4 is 5.96 Å². The van der Waals surface area contributed by atoms with Crippen LogP contribution in [0.1, 0.15) is 51.1 Å². The van der Waals surface area contributed by atoms with Crippen LogP contribution < -0.4 is 10.6 Å². The largest absolute Gasteiger partial charge is 0.371 e. The van der Waals surface area contributed by atoms with E-state index in [9.17, 15) is 4.39 Å². The molecule has 7 nitrogen and oxygen atoms in total. The van der Waals surface area contributed by atoms with E-state index in [4.69, 9.17) is 9.26 Å². The van der Waals surface area contributed by atoms with E-state index in [1.807, 2.05) is 33.8 Å². The van der Waals surface area contributed by atoms with Crippen LogP contribution in [0.25, 0.3) is 0 Å². The van der Waals surface area contributed by atoms with Crippen molar-refractivity contribution < 1.29 is 13.7 Å². The van der Waals surface area contributed by atoms with Crippen molar-refractivity contribution in [2.75, 3.05) is 20.2 Å². The van der Waals surface area contributed by atoms with Gasteiger partial charge in [0.15, 0.2) is 11.8 Å². The summed E-state index contributed by atoms with van der Waals surface area (Å²) in [5.74, 6) is 1.32. The first-order chi connectivity index (χ1) is 12.9. The Labute approximate surface area is 159 Å². The molecule has 1 aromatic carbocycles. The van der Waals surface area contributed by atoms with Gasteiger partial charge in [0.1, 0.15) is 11.9 Å². The van der Waals surface area contributed by atoms with Crippen LogP contribution in [0, 0.1) is 5.82 Å². The van der Waals surface area contributed by atoms with Crippen LogP contribution in [-0.4, -0.2) is 36.3 Å². The fourth-order valence-electron chi connectivity index (χ4n) is 2.53. The molecule has 0 aliphatic heterocycles. The van der Waals surface area contributed by atoms with Gasteiger partial charge in [-0.25, -0.2) is 4.39 Å². The summed E-state index contributed by atoms with van der Waals surface area (Å²) >= 11 is 0. The Kier molecular flexibility index (Phi) is 7.29. The number of nitrogens with one attached hydrogen (secondary N) is 2. The maximum Gasteiger partial charge on any atom is 0.246 e. The average Bonchev–Trinajstić information content (AvgIpc) is 3.11. The standard InChI is InChI=1S/C19H28FN5O2/c1-6-26-13(2)17-24-16(27-25-17)11-22-18(21-5)23-12-19(3,4)14-8-7-9-15(20)10-14/h7-10,13H,6,11-12H2,1-5H3,(H2,21,22,23). The van der Waals surface area contributed by atoms with Crippen molar-refractivity contribution in [1.29, 1.82) is 0 Å². The number of aliphatic imine (C=N–C) groups is 1. The zero-order valence-corrected chi connectivity index (χ0v) is 16.5. The van der Waals surface area contributed by atoms with E-state index in [1.165, 1.54) is 6.07 Å². The number of benzene rings is 1. The van der Waals surface area contributed by atoms with Gasteiger partial charge < -0.3 is 19.9 Å². The minimum atomic E-state index is -0.274. The molecule has 2 rings (SSSR count). The molecule has 0 saturated heterocycles. The van der Waals surface area contributed by atoms with Crippen molar-refractivity contribution in [1.82, 2.24) is 20.8 Å². The van der Waals surface area contributed by atoms with Crippen molar-refractivity contribution in [3.8, 4) is 0 Å². The molecule has 0 aliphatic rings. The van der Waals surface area contributed by atoms with E-state index in [2.05, 4.69) is 25.8 Å². The molecule has 2 aromatic rings. The van der Waals surface area contributed by atoms with Crippen LogP contribution >= 0.6 is 0 Å². The van der Waals surface area contributed by atoms with Crippen molar-refractivity contribution in [2.24, 2.45) is 4.99 Å². The zero-order chi connectivity index (χ0) is 19.9. The lowest BCUT2D eigenvalue weighted by Crippen LogP contribution is -2.43. The highest BCUT2D eigenvalue weighted by Crippen LogP contribution is 2.22. The molecule has 0 aliphatic carbocycles. The molecule has 0 radical (unpaired) electrons. The van der Waals surface area contributed by atoms with E-state index in [1.54, 1.807) is 19.2 Å². The fourth-order valence-corrected chi connectivity index (χ4v) is 2.53. The zero-order valence-electron chi connectivity index (χ0n) is 16.5. The molecular formula is C19H28FN5O2. The van der Waals surface area contributed by atoms with Crippen LogP contribution in [0.4, 0.5) is 4.39 Å². The van der Waals surface area contributed by atoms with Crippen LogP contribution in [-0.2, 0) is 16.7 Å². The minimum absolute atomic E-state index is 0.211. The Morgan fingerprint density at radius 1 is 1.37 bits per heavy atom. The van der Waals surface area contributed by atoms with Gasteiger partial charge in [0, 0.05) is 25.6 Å². The molecule has 148 valence electrons. The van der Waals surface area contributed by atoms with Gasteiger partial charge in [-0.1, -0.05) is 31.1 Å².